The van der Waals surface area contributed by atoms with Crippen LogP contribution in [0.3, 0.4) is 0 Å². The van der Waals surface area contributed by atoms with Crippen LogP contribution in [0, 0.1) is 0 Å². The predicted octanol–water partition coefficient (Wildman–Crippen LogP) is 4.09. The summed E-state index contributed by atoms with van der Waals surface area (Å²) in [6.45, 7) is 2.24. The van der Waals surface area contributed by atoms with Crippen molar-refractivity contribution in [2.75, 3.05) is 12.3 Å². The first-order valence-corrected chi connectivity index (χ1v) is 13.2. The number of hydrogen-bond acceptors (Lipinski definition) is 3. The number of nitrogens with one attached hydrogen (secondary N) is 1. The lowest BCUT2D eigenvalue weighted by atomic mass is 9.94. The molecule has 2 aromatic rings. The highest BCUT2D eigenvalue weighted by atomic mass is 32.2. The molecule has 0 spiro atoms. The molecule has 2 aliphatic heterocycles. The fourth-order valence-corrected chi connectivity index (χ4v) is 5.70. The lowest BCUT2D eigenvalue weighted by Crippen LogP contribution is -2.48. The minimum absolute atomic E-state index is 0.0444. The average molecular weight is 453 g/mol. The van der Waals surface area contributed by atoms with Gasteiger partial charge in [-0.15, -0.1) is 0 Å². The monoisotopic (exact) mass is 452 g/mol. The van der Waals surface area contributed by atoms with Crippen molar-refractivity contribution in [3.8, 4) is 11.1 Å². The van der Waals surface area contributed by atoms with Gasteiger partial charge >= 0.3 is 0 Å². The maximum absolute atomic E-state index is 13.0. The van der Waals surface area contributed by atoms with E-state index in [4.69, 9.17) is 0 Å². The molecule has 2 bridgehead atoms. The van der Waals surface area contributed by atoms with Gasteiger partial charge in [0.15, 0.2) is 0 Å². The minimum atomic E-state index is -3.34. The molecule has 1 fully saturated rings. The minimum Gasteiger partial charge on any atom is -0.338 e. The number of allylic oxidation sites excluding steroid dienone is 2. The van der Waals surface area contributed by atoms with E-state index >= 15 is 0 Å². The molecule has 1 N–H and O–H groups in total. The number of benzene rings is 2. The molecule has 0 saturated carbocycles. The van der Waals surface area contributed by atoms with Crippen molar-refractivity contribution in [3.63, 3.8) is 0 Å². The van der Waals surface area contributed by atoms with Crippen molar-refractivity contribution in [1.29, 1.82) is 0 Å². The van der Waals surface area contributed by atoms with Crippen LogP contribution in [0.25, 0.3) is 11.1 Å². The van der Waals surface area contributed by atoms with E-state index in [0.717, 1.165) is 30.4 Å². The van der Waals surface area contributed by atoms with Gasteiger partial charge in [-0.1, -0.05) is 60.7 Å². The third kappa shape index (κ3) is 5.30. The predicted molar refractivity (Wildman–Crippen MR) is 129 cm³/mol. The fourth-order valence-electron chi connectivity index (χ4n) is 4.80. The molecule has 2 aliphatic rings. The number of nitrogens with zero attached hydrogens (tertiary/aromatic N) is 1. The van der Waals surface area contributed by atoms with Crippen molar-refractivity contribution in [2.24, 2.45) is 0 Å². The van der Waals surface area contributed by atoms with Gasteiger partial charge in [0.05, 0.1) is 11.8 Å². The zero-order chi connectivity index (χ0) is 22.6. The topological polar surface area (TPSA) is 66.5 Å². The molecule has 2 atom stereocenters. The summed E-state index contributed by atoms with van der Waals surface area (Å²) in [6.07, 6.45) is 8.68. The first-order chi connectivity index (χ1) is 15.5. The van der Waals surface area contributed by atoms with E-state index in [0.29, 0.717) is 25.8 Å². The van der Waals surface area contributed by atoms with Crippen LogP contribution in [0.15, 0.2) is 60.7 Å². The summed E-state index contributed by atoms with van der Waals surface area (Å²) in [5.41, 5.74) is 4.77. The van der Waals surface area contributed by atoms with Crippen LogP contribution in [0.2, 0.25) is 0 Å². The first kappa shape index (κ1) is 22.7. The SMILES string of the molecule is CCS(=O)(=O)NC1CCN2C(=O)CCC/C=C/Cc3ccccc3-c3cccc(c3)CC12. The van der Waals surface area contributed by atoms with Crippen LogP contribution in [0.5, 0.6) is 0 Å². The number of sulfonamides is 1. The Bertz CT molecular complexity index is 1090. The molecule has 0 aliphatic carbocycles. The van der Waals surface area contributed by atoms with E-state index in [-0.39, 0.29) is 23.7 Å². The van der Waals surface area contributed by atoms with Crippen molar-refractivity contribution in [1.82, 2.24) is 9.62 Å². The number of carbonyl (C=O) groups is 1. The second-order valence-corrected chi connectivity index (χ2v) is 10.7. The lowest BCUT2D eigenvalue weighted by molar-refractivity contribution is -0.132. The van der Waals surface area contributed by atoms with Crippen LogP contribution in [0.1, 0.15) is 43.7 Å². The van der Waals surface area contributed by atoms with E-state index in [9.17, 15) is 13.2 Å². The molecule has 6 heteroatoms. The van der Waals surface area contributed by atoms with Gasteiger partial charge in [-0.05, 0) is 61.3 Å². The van der Waals surface area contributed by atoms with Gasteiger partial charge in [-0.2, -0.15) is 0 Å². The van der Waals surface area contributed by atoms with Crippen molar-refractivity contribution in [2.45, 2.75) is 57.5 Å². The molecule has 0 radical (unpaired) electrons. The van der Waals surface area contributed by atoms with Crippen molar-refractivity contribution in [3.05, 3.63) is 71.8 Å². The standard InChI is InChI=1S/C26H32N2O3S/c1-2-32(30,31)27-24-16-17-28-25(24)19-20-10-9-13-22(18-20)23-14-8-7-12-21(23)11-5-3-4-6-15-26(28)29/h3,5,7-10,12-14,18,24-25,27H,2,4,6,11,15-17,19H2,1H3/b5-3+. The summed E-state index contributed by atoms with van der Waals surface area (Å²) in [4.78, 5) is 15.0. The van der Waals surface area contributed by atoms with Crippen LogP contribution >= 0.6 is 0 Å². The van der Waals surface area contributed by atoms with Gasteiger partial charge in [0, 0.05) is 19.0 Å². The highest BCUT2D eigenvalue weighted by molar-refractivity contribution is 7.89. The van der Waals surface area contributed by atoms with E-state index in [1.54, 1.807) is 6.92 Å². The van der Waals surface area contributed by atoms with Gasteiger partial charge in [-0.25, -0.2) is 13.1 Å². The van der Waals surface area contributed by atoms with Crippen LogP contribution in [-0.2, 0) is 27.7 Å². The Kier molecular flexibility index (Phi) is 7.11. The summed E-state index contributed by atoms with van der Waals surface area (Å²) >= 11 is 0. The lowest BCUT2D eigenvalue weighted by Gasteiger charge is -2.29. The van der Waals surface area contributed by atoms with E-state index < -0.39 is 10.0 Å². The third-order valence-electron chi connectivity index (χ3n) is 6.54. The second kappa shape index (κ2) is 10.0. The zero-order valence-corrected chi connectivity index (χ0v) is 19.5. The van der Waals surface area contributed by atoms with Crippen molar-refractivity contribution < 1.29 is 13.2 Å². The van der Waals surface area contributed by atoms with Crippen LogP contribution in [-0.4, -0.2) is 43.6 Å². The van der Waals surface area contributed by atoms with Gasteiger partial charge in [0.2, 0.25) is 15.9 Å². The Morgan fingerprint density at radius 1 is 1.09 bits per heavy atom. The highest BCUT2D eigenvalue weighted by Gasteiger charge is 2.38. The molecular weight excluding hydrogens is 420 g/mol. The number of fused-ring (bicyclic) bond motifs is 5. The average Bonchev–Trinajstić information content (AvgIpc) is 3.17. The Labute approximate surface area is 191 Å². The van der Waals surface area contributed by atoms with Crippen LogP contribution < -0.4 is 4.72 Å². The maximum atomic E-state index is 13.0. The van der Waals surface area contributed by atoms with E-state index in [1.165, 1.54) is 11.1 Å². The summed E-state index contributed by atoms with van der Waals surface area (Å²) in [7, 11) is -3.34. The molecule has 2 aromatic carbocycles. The van der Waals surface area contributed by atoms with E-state index in [2.05, 4.69) is 65.4 Å². The van der Waals surface area contributed by atoms with Gasteiger partial charge in [0.25, 0.3) is 0 Å². The Morgan fingerprint density at radius 3 is 2.78 bits per heavy atom. The maximum Gasteiger partial charge on any atom is 0.222 e. The third-order valence-corrected chi connectivity index (χ3v) is 7.97. The molecule has 0 aromatic heterocycles. The smallest absolute Gasteiger partial charge is 0.222 e. The molecule has 2 unspecified atom stereocenters. The number of rotatable bonds is 3. The Morgan fingerprint density at radius 2 is 1.94 bits per heavy atom. The van der Waals surface area contributed by atoms with Gasteiger partial charge in [-0.3, -0.25) is 4.79 Å². The second-order valence-electron chi connectivity index (χ2n) is 8.70. The molecule has 32 heavy (non-hydrogen) atoms. The Hall–Kier alpha value is -2.44. The number of amides is 1. The number of carbonyl (C=O) groups excluding carboxylic acids is 1. The normalized spacial score (nSPS) is 23.0. The van der Waals surface area contributed by atoms with Crippen molar-refractivity contribution >= 4 is 15.9 Å². The number of hydrogen-bond donors (Lipinski definition) is 1. The summed E-state index contributed by atoms with van der Waals surface area (Å²) in [6, 6.07) is 16.5. The highest BCUT2D eigenvalue weighted by Crippen LogP contribution is 2.29. The molecule has 4 rings (SSSR count). The van der Waals surface area contributed by atoms with Crippen LogP contribution in [0.4, 0.5) is 0 Å². The zero-order valence-electron chi connectivity index (χ0n) is 18.7. The first-order valence-electron chi connectivity index (χ1n) is 11.6. The molecule has 170 valence electrons. The fraction of sp³-hybridized carbons (Fsp3) is 0.423. The summed E-state index contributed by atoms with van der Waals surface area (Å²) in [5.74, 6) is 0.166. The summed E-state index contributed by atoms with van der Waals surface area (Å²) < 4.78 is 27.5. The summed E-state index contributed by atoms with van der Waals surface area (Å²) in [5, 5.41) is 0. The van der Waals surface area contributed by atoms with Gasteiger partial charge < -0.3 is 4.90 Å². The molecule has 1 saturated heterocycles. The Balaban J connectivity index is 1.71. The molecule has 1 amide bonds. The van der Waals surface area contributed by atoms with E-state index in [1.807, 2.05) is 4.90 Å². The largest absolute Gasteiger partial charge is 0.338 e. The molecule has 2 heterocycles. The van der Waals surface area contributed by atoms with Gasteiger partial charge in [0.1, 0.15) is 0 Å². The molecular formula is C26H32N2O3S. The molecule has 5 nitrogen and oxygen atoms in total. The quantitative estimate of drug-likeness (QED) is 0.714.